The van der Waals surface area contributed by atoms with Gasteiger partial charge >= 0.3 is 0 Å². The number of Topliss-reactive ketones (excluding diaryl/α,β-unsaturated/α-hetero) is 1. The normalized spacial score (nSPS) is 38.7. The van der Waals surface area contributed by atoms with Gasteiger partial charge in [-0.3, -0.25) is 4.79 Å². The quantitative estimate of drug-likeness (QED) is 0.556. The third kappa shape index (κ3) is 2.88. The van der Waals surface area contributed by atoms with Crippen molar-refractivity contribution < 1.29 is 9.18 Å². The van der Waals surface area contributed by atoms with Crippen molar-refractivity contribution in [1.82, 2.24) is 4.98 Å². The van der Waals surface area contributed by atoms with E-state index in [0.717, 1.165) is 48.3 Å². The summed E-state index contributed by atoms with van der Waals surface area (Å²) in [7, 11) is 0. The minimum atomic E-state index is -0.218. The number of nitrogens with one attached hydrogen (secondary N) is 1. The molecule has 1 heterocycles. The van der Waals surface area contributed by atoms with Crippen LogP contribution in [0.1, 0.15) is 75.3 Å². The van der Waals surface area contributed by atoms with E-state index in [1.54, 1.807) is 23.5 Å². The van der Waals surface area contributed by atoms with Crippen LogP contribution in [0.3, 0.4) is 0 Å². The molecule has 6 rings (SSSR count). The fourth-order valence-electron chi connectivity index (χ4n) is 7.93. The van der Waals surface area contributed by atoms with Crippen LogP contribution in [-0.2, 0) is 11.2 Å². The van der Waals surface area contributed by atoms with Crippen molar-refractivity contribution in [3.8, 4) is 0 Å². The fourth-order valence-corrected chi connectivity index (χ4v) is 9.26. The molecule has 1 N–H and O–H groups in total. The first-order valence-electron chi connectivity index (χ1n) is 11.9. The van der Waals surface area contributed by atoms with Crippen LogP contribution in [0.2, 0.25) is 0 Å². The Morgan fingerprint density at radius 1 is 1.03 bits per heavy atom. The number of benzene rings is 1. The highest BCUT2D eigenvalue weighted by atomic mass is 32.1. The van der Waals surface area contributed by atoms with Crippen molar-refractivity contribution in [3.05, 3.63) is 40.7 Å². The Bertz CT molecular complexity index is 1030. The molecule has 1 aromatic heterocycles. The van der Waals surface area contributed by atoms with E-state index in [4.69, 9.17) is 4.98 Å². The molecule has 5 heteroatoms. The van der Waals surface area contributed by atoms with Crippen molar-refractivity contribution in [2.75, 3.05) is 5.32 Å². The largest absolute Gasteiger partial charge is 0.332 e. The van der Waals surface area contributed by atoms with Gasteiger partial charge in [0.25, 0.3) is 0 Å². The summed E-state index contributed by atoms with van der Waals surface area (Å²) in [6.07, 6.45) is 8.98. The lowest BCUT2D eigenvalue weighted by Gasteiger charge is -2.59. The summed E-state index contributed by atoms with van der Waals surface area (Å²) in [4.78, 5) is 19.1. The van der Waals surface area contributed by atoms with Crippen LogP contribution in [0.15, 0.2) is 24.3 Å². The lowest BCUT2D eigenvalue weighted by atomic mass is 9.46. The molecule has 4 aliphatic rings. The van der Waals surface area contributed by atoms with Crippen LogP contribution < -0.4 is 5.32 Å². The summed E-state index contributed by atoms with van der Waals surface area (Å²) in [5, 5.41) is 4.33. The van der Waals surface area contributed by atoms with Gasteiger partial charge in [0.1, 0.15) is 11.6 Å². The molecule has 0 amide bonds. The number of hydrogen-bond donors (Lipinski definition) is 1. The second-order valence-corrected chi connectivity index (χ2v) is 11.9. The average Bonchev–Trinajstić information content (AvgIpc) is 3.29. The smallest absolute Gasteiger partial charge is 0.187 e. The minimum Gasteiger partial charge on any atom is -0.332 e. The molecule has 3 nitrogen and oxygen atoms in total. The number of aromatic nitrogens is 1. The van der Waals surface area contributed by atoms with Crippen molar-refractivity contribution >= 4 is 27.9 Å². The zero-order valence-electron chi connectivity index (χ0n) is 18.4. The SMILES string of the molecule is C[C@]12CCc3nc(Nc4ccc(F)cc4)sc3C1CC[C@@H]1[C@@H]2CC[C@]2(C)C(=O)CC[C@@H]12. The number of anilines is 2. The summed E-state index contributed by atoms with van der Waals surface area (Å²) >= 11 is 1.81. The predicted octanol–water partition coefficient (Wildman–Crippen LogP) is 6.87. The molecular formula is C26H31FN2OS. The van der Waals surface area contributed by atoms with Crippen LogP contribution in [0.5, 0.6) is 0 Å². The summed E-state index contributed by atoms with van der Waals surface area (Å²) in [5.74, 6) is 2.96. The van der Waals surface area contributed by atoms with Gasteiger partial charge in [0.05, 0.1) is 5.69 Å². The third-order valence-electron chi connectivity index (χ3n) is 9.62. The predicted molar refractivity (Wildman–Crippen MR) is 122 cm³/mol. The van der Waals surface area contributed by atoms with Crippen LogP contribution in [0.4, 0.5) is 15.2 Å². The Morgan fingerprint density at radius 2 is 1.84 bits per heavy atom. The maximum Gasteiger partial charge on any atom is 0.187 e. The molecule has 0 spiro atoms. The molecule has 0 radical (unpaired) electrons. The molecule has 6 atom stereocenters. The number of halogens is 1. The molecule has 3 saturated carbocycles. The third-order valence-corrected chi connectivity index (χ3v) is 10.7. The number of rotatable bonds is 2. The summed E-state index contributed by atoms with van der Waals surface area (Å²) < 4.78 is 13.2. The van der Waals surface area contributed by atoms with Crippen LogP contribution >= 0.6 is 11.3 Å². The molecule has 1 aromatic carbocycles. The number of ketones is 1. The van der Waals surface area contributed by atoms with Gasteiger partial charge in [0.2, 0.25) is 0 Å². The average molecular weight is 439 g/mol. The van der Waals surface area contributed by atoms with Crippen molar-refractivity contribution in [1.29, 1.82) is 0 Å². The number of thiazole rings is 1. The maximum atomic E-state index is 13.2. The van der Waals surface area contributed by atoms with Crippen LogP contribution in [0.25, 0.3) is 0 Å². The minimum absolute atomic E-state index is 0.0407. The first-order valence-corrected chi connectivity index (χ1v) is 12.8. The van der Waals surface area contributed by atoms with E-state index in [9.17, 15) is 9.18 Å². The molecule has 2 aromatic rings. The molecule has 31 heavy (non-hydrogen) atoms. The second-order valence-electron chi connectivity index (χ2n) is 10.9. The number of carbonyl (C=O) groups excluding carboxylic acids is 1. The van der Waals surface area contributed by atoms with Gasteiger partial charge < -0.3 is 5.32 Å². The van der Waals surface area contributed by atoms with Gasteiger partial charge in [-0.15, -0.1) is 11.3 Å². The molecular weight excluding hydrogens is 407 g/mol. The summed E-state index contributed by atoms with van der Waals surface area (Å²) in [6, 6.07) is 6.51. The summed E-state index contributed by atoms with van der Waals surface area (Å²) in [5.41, 5.74) is 2.44. The Balaban J connectivity index is 1.28. The Hall–Kier alpha value is -1.75. The van der Waals surface area contributed by atoms with E-state index in [1.807, 2.05) is 0 Å². The van der Waals surface area contributed by atoms with Gasteiger partial charge in [-0.25, -0.2) is 9.37 Å². The van der Waals surface area contributed by atoms with Gasteiger partial charge in [0, 0.05) is 28.3 Å². The lowest BCUT2D eigenvalue weighted by molar-refractivity contribution is -0.134. The van der Waals surface area contributed by atoms with E-state index in [1.165, 1.54) is 48.4 Å². The Morgan fingerprint density at radius 3 is 2.65 bits per heavy atom. The number of hydrogen-bond acceptors (Lipinski definition) is 4. The zero-order chi connectivity index (χ0) is 21.4. The standard InChI is InChI=1S/C26H31FN2OS/c1-25-14-12-21-23(31-24(29-21)28-16-5-3-15(27)4-6-16)20(25)8-7-17-18-9-10-22(30)26(18,2)13-11-19(17)25/h3-6,17-20H,7-14H2,1-2H3,(H,28,29)/t17-,18-,19-,20?,25+,26-/m0/s1. The monoisotopic (exact) mass is 438 g/mol. The van der Waals surface area contributed by atoms with E-state index >= 15 is 0 Å². The van der Waals surface area contributed by atoms with Crippen molar-refractivity contribution in [3.63, 3.8) is 0 Å². The number of nitrogens with zero attached hydrogens (tertiary/aromatic N) is 1. The Kier molecular flexibility index (Phi) is 4.41. The van der Waals surface area contributed by atoms with E-state index in [-0.39, 0.29) is 11.2 Å². The molecule has 1 unspecified atom stereocenters. The van der Waals surface area contributed by atoms with Gasteiger partial charge in [0.15, 0.2) is 5.13 Å². The molecule has 0 aliphatic heterocycles. The second kappa shape index (κ2) is 6.87. The molecule has 164 valence electrons. The number of carbonyl (C=O) groups is 1. The van der Waals surface area contributed by atoms with Crippen LogP contribution in [-0.4, -0.2) is 10.8 Å². The highest BCUT2D eigenvalue weighted by Crippen LogP contribution is 2.67. The molecule has 0 saturated heterocycles. The van der Waals surface area contributed by atoms with Gasteiger partial charge in [-0.05, 0) is 92.4 Å². The molecule has 0 bridgehead atoms. The highest BCUT2D eigenvalue weighted by Gasteiger charge is 2.60. The van der Waals surface area contributed by atoms with E-state index in [2.05, 4.69) is 19.2 Å². The van der Waals surface area contributed by atoms with Gasteiger partial charge in [-0.1, -0.05) is 13.8 Å². The van der Waals surface area contributed by atoms with Crippen molar-refractivity contribution in [2.24, 2.45) is 28.6 Å². The topological polar surface area (TPSA) is 42.0 Å². The lowest BCUT2D eigenvalue weighted by Crippen LogP contribution is -2.52. The van der Waals surface area contributed by atoms with Crippen LogP contribution in [0, 0.1) is 34.4 Å². The molecule has 4 aliphatic carbocycles. The molecule has 3 fully saturated rings. The first kappa shape index (κ1) is 19.9. The van der Waals surface area contributed by atoms with E-state index < -0.39 is 0 Å². The first-order chi connectivity index (χ1) is 14.9. The summed E-state index contributed by atoms with van der Waals surface area (Å²) in [6.45, 7) is 4.82. The Labute approximate surface area is 187 Å². The highest BCUT2D eigenvalue weighted by molar-refractivity contribution is 7.15. The fraction of sp³-hybridized carbons (Fsp3) is 0.615. The number of aryl methyl sites for hydroxylation is 1. The number of fused-ring (bicyclic) bond motifs is 7. The van der Waals surface area contributed by atoms with E-state index in [0.29, 0.717) is 23.0 Å². The van der Waals surface area contributed by atoms with Gasteiger partial charge in [-0.2, -0.15) is 0 Å². The van der Waals surface area contributed by atoms with Crippen molar-refractivity contribution in [2.45, 2.75) is 71.1 Å². The maximum absolute atomic E-state index is 13.2. The zero-order valence-corrected chi connectivity index (χ0v) is 19.2.